The molecule has 3 aromatic heterocycles. The van der Waals surface area contributed by atoms with E-state index in [1.165, 1.54) is 25.0 Å². The summed E-state index contributed by atoms with van der Waals surface area (Å²) in [7, 11) is 1.87. The first-order chi connectivity index (χ1) is 16.5. The third-order valence-corrected chi connectivity index (χ3v) is 6.91. The van der Waals surface area contributed by atoms with Gasteiger partial charge in [-0.1, -0.05) is 0 Å². The lowest BCUT2D eigenvalue weighted by Gasteiger charge is -2.12. The highest BCUT2D eigenvalue weighted by Gasteiger charge is 2.22. The lowest BCUT2D eigenvalue weighted by atomic mass is 9.99. The predicted octanol–water partition coefficient (Wildman–Crippen LogP) is 5.96. The maximum Gasteiger partial charge on any atom is 0.162 e. The Hall–Kier alpha value is -3.72. The van der Waals surface area contributed by atoms with Crippen molar-refractivity contribution in [2.24, 2.45) is 7.05 Å². The van der Waals surface area contributed by atoms with Crippen molar-refractivity contribution in [3.8, 4) is 33.4 Å². The average molecular weight is 475 g/mol. The molecule has 1 N–H and O–H groups in total. The summed E-state index contributed by atoms with van der Waals surface area (Å²) in [5.41, 5.74) is 6.04. The molecule has 0 aliphatic heterocycles. The number of halogens is 2. The van der Waals surface area contributed by atoms with E-state index in [-0.39, 0.29) is 0 Å². The Morgan fingerprint density at radius 3 is 2.41 bits per heavy atom. The summed E-state index contributed by atoms with van der Waals surface area (Å²) in [6.45, 7) is 0. The summed E-state index contributed by atoms with van der Waals surface area (Å²) in [6, 6.07) is 9.43. The van der Waals surface area contributed by atoms with E-state index in [4.69, 9.17) is 0 Å². The fourth-order valence-electron chi connectivity index (χ4n) is 3.86. The summed E-state index contributed by atoms with van der Waals surface area (Å²) >= 11 is 1.67. The summed E-state index contributed by atoms with van der Waals surface area (Å²) in [5.74, 6) is -1.20. The molecule has 1 aliphatic rings. The Bertz CT molecular complexity index is 1520. The maximum atomic E-state index is 14.6. The molecule has 0 spiro atoms. The van der Waals surface area contributed by atoms with Gasteiger partial charge >= 0.3 is 0 Å². The number of nitrogens with zero attached hydrogens (tertiary/aromatic N) is 5. The predicted molar refractivity (Wildman–Crippen MR) is 130 cm³/mol. The maximum absolute atomic E-state index is 14.6. The second-order valence-electron chi connectivity index (χ2n) is 8.41. The van der Waals surface area contributed by atoms with Gasteiger partial charge in [0.05, 0.1) is 12.4 Å². The normalized spacial score (nSPS) is 13.5. The number of aromatic nitrogens is 5. The number of fused-ring (bicyclic) bond motifs is 1. The van der Waals surface area contributed by atoms with Crippen LogP contribution in [0.3, 0.4) is 0 Å². The quantitative estimate of drug-likeness (QED) is 0.308. The fourth-order valence-corrected chi connectivity index (χ4v) is 4.65. The van der Waals surface area contributed by atoms with Crippen molar-refractivity contribution in [1.82, 2.24) is 24.4 Å². The van der Waals surface area contributed by atoms with Crippen LogP contribution in [0, 0.1) is 11.6 Å². The average Bonchev–Trinajstić information content (AvgIpc) is 3.40. The number of hydrogen-bond donors (Lipinski definition) is 1. The van der Waals surface area contributed by atoms with E-state index in [1.807, 2.05) is 37.6 Å². The molecule has 2 aromatic carbocycles. The number of aryl methyl sites for hydroxylation is 1. The molecule has 0 atom stereocenters. The van der Waals surface area contributed by atoms with Crippen molar-refractivity contribution in [3.05, 3.63) is 79.0 Å². The number of nitrogens with one attached hydrogen (secondary N) is 1. The van der Waals surface area contributed by atoms with Gasteiger partial charge in [-0.25, -0.2) is 18.3 Å². The first kappa shape index (κ1) is 20.9. The molecule has 9 heteroatoms. The molecular weight excluding hydrogens is 454 g/mol. The first-order valence-electron chi connectivity index (χ1n) is 10.9. The van der Waals surface area contributed by atoms with Gasteiger partial charge in [-0.05, 0) is 66.2 Å². The van der Waals surface area contributed by atoms with Gasteiger partial charge in [-0.2, -0.15) is 10.2 Å². The SMILES string of the molecule is Cn1cc(-c2cnc3c(-c4cc(NSC5CC5)cc(-c5ccc(F)cc5F)c4)cnn3c2)cn1. The number of rotatable bonds is 6. The Kier molecular flexibility index (Phi) is 5.06. The molecule has 5 aromatic rings. The molecule has 1 fully saturated rings. The Morgan fingerprint density at radius 2 is 1.68 bits per heavy atom. The number of hydrogen-bond acceptors (Lipinski definition) is 5. The van der Waals surface area contributed by atoms with Crippen molar-refractivity contribution in [2.75, 3.05) is 4.72 Å². The van der Waals surface area contributed by atoms with Crippen molar-refractivity contribution in [1.29, 1.82) is 0 Å². The van der Waals surface area contributed by atoms with Crippen LogP contribution in [-0.2, 0) is 7.05 Å². The molecule has 0 bridgehead atoms. The highest BCUT2D eigenvalue weighted by Crippen LogP contribution is 2.38. The Balaban J connectivity index is 1.44. The molecule has 3 heterocycles. The van der Waals surface area contributed by atoms with E-state index in [1.54, 1.807) is 39.7 Å². The lowest BCUT2D eigenvalue weighted by Crippen LogP contribution is -1.94. The zero-order valence-corrected chi connectivity index (χ0v) is 19.1. The summed E-state index contributed by atoms with van der Waals surface area (Å²) in [6.07, 6.45) is 11.5. The van der Waals surface area contributed by atoms with Crippen LogP contribution in [0.1, 0.15) is 12.8 Å². The molecule has 1 aliphatic carbocycles. The number of benzene rings is 2. The van der Waals surface area contributed by atoms with Gasteiger partial charge in [0, 0.05) is 64.9 Å². The monoisotopic (exact) mass is 474 g/mol. The topological polar surface area (TPSA) is 60.0 Å². The minimum Gasteiger partial charge on any atom is -0.329 e. The van der Waals surface area contributed by atoms with Crippen LogP contribution in [0.5, 0.6) is 0 Å². The first-order valence-corrected chi connectivity index (χ1v) is 11.8. The van der Waals surface area contributed by atoms with Crippen LogP contribution >= 0.6 is 11.9 Å². The molecule has 6 nitrogen and oxygen atoms in total. The van der Waals surface area contributed by atoms with Crippen molar-refractivity contribution < 1.29 is 8.78 Å². The van der Waals surface area contributed by atoms with Crippen LogP contribution < -0.4 is 4.72 Å². The highest BCUT2D eigenvalue weighted by atomic mass is 32.2. The third-order valence-electron chi connectivity index (χ3n) is 5.75. The zero-order chi connectivity index (χ0) is 23.2. The molecule has 0 unspecified atom stereocenters. The molecule has 0 radical (unpaired) electrons. The van der Waals surface area contributed by atoms with E-state index < -0.39 is 11.6 Å². The molecule has 170 valence electrons. The van der Waals surface area contributed by atoms with Crippen molar-refractivity contribution in [2.45, 2.75) is 18.1 Å². The molecule has 0 saturated heterocycles. The molecular formula is C25H20F2N6S. The van der Waals surface area contributed by atoms with Crippen LogP contribution in [0.25, 0.3) is 39.0 Å². The molecule has 34 heavy (non-hydrogen) atoms. The molecule has 6 rings (SSSR count). The number of anilines is 1. The van der Waals surface area contributed by atoms with Gasteiger partial charge in [-0.3, -0.25) is 4.68 Å². The van der Waals surface area contributed by atoms with Crippen molar-refractivity contribution >= 4 is 23.3 Å². The lowest BCUT2D eigenvalue weighted by molar-refractivity contribution is 0.585. The zero-order valence-electron chi connectivity index (χ0n) is 18.2. The summed E-state index contributed by atoms with van der Waals surface area (Å²) in [4.78, 5) is 4.66. The second kappa shape index (κ2) is 8.25. The van der Waals surface area contributed by atoms with Crippen LogP contribution in [-0.4, -0.2) is 29.6 Å². The molecule has 1 saturated carbocycles. The van der Waals surface area contributed by atoms with Gasteiger partial charge < -0.3 is 4.72 Å². The van der Waals surface area contributed by atoms with E-state index >= 15 is 0 Å². The van der Waals surface area contributed by atoms with E-state index in [2.05, 4.69) is 19.9 Å². The van der Waals surface area contributed by atoms with Crippen LogP contribution in [0.15, 0.2) is 67.4 Å². The van der Waals surface area contributed by atoms with Gasteiger partial charge in [0.15, 0.2) is 5.65 Å². The van der Waals surface area contributed by atoms with Gasteiger partial charge in [-0.15, -0.1) is 0 Å². The van der Waals surface area contributed by atoms with Gasteiger partial charge in [0.2, 0.25) is 0 Å². The minimum absolute atomic E-state index is 0.339. The smallest absolute Gasteiger partial charge is 0.162 e. The van der Waals surface area contributed by atoms with Gasteiger partial charge in [0.1, 0.15) is 11.6 Å². The minimum atomic E-state index is -0.601. The van der Waals surface area contributed by atoms with Crippen LogP contribution in [0.4, 0.5) is 14.5 Å². The Morgan fingerprint density at radius 1 is 0.882 bits per heavy atom. The van der Waals surface area contributed by atoms with E-state index in [9.17, 15) is 8.78 Å². The van der Waals surface area contributed by atoms with Crippen LogP contribution in [0.2, 0.25) is 0 Å². The third kappa shape index (κ3) is 4.03. The highest BCUT2D eigenvalue weighted by molar-refractivity contribution is 8.01. The summed E-state index contributed by atoms with van der Waals surface area (Å²) < 4.78 is 35.0. The largest absolute Gasteiger partial charge is 0.329 e. The fraction of sp³-hybridized carbons (Fsp3) is 0.160. The Labute approximate surface area is 198 Å². The molecule has 0 amide bonds. The second-order valence-corrected chi connectivity index (χ2v) is 9.52. The van der Waals surface area contributed by atoms with Crippen molar-refractivity contribution in [3.63, 3.8) is 0 Å². The van der Waals surface area contributed by atoms with E-state index in [0.29, 0.717) is 22.0 Å². The standard InChI is InChI=1S/C25H20F2N6S/c1-32-13-18(11-29-32)17-10-28-25-23(12-30-33(25)14-17)16-6-15(22-5-2-19(26)9-24(22)27)7-20(8-16)31-34-21-3-4-21/h2,5-14,21,31H,3-4H2,1H3. The van der Waals surface area contributed by atoms with E-state index in [0.717, 1.165) is 34.0 Å². The summed E-state index contributed by atoms with van der Waals surface area (Å²) in [5, 5.41) is 9.32. The van der Waals surface area contributed by atoms with Gasteiger partial charge in [0.25, 0.3) is 0 Å².